The van der Waals surface area contributed by atoms with Gasteiger partial charge in [0.25, 0.3) is 19.4 Å². The van der Waals surface area contributed by atoms with Crippen LogP contribution in [0.4, 0.5) is 13.2 Å². The minimum atomic E-state index is -4.54. The van der Waals surface area contributed by atoms with E-state index in [0.717, 1.165) is 46.0 Å². The van der Waals surface area contributed by atoms with E-state index in [2.05, 4.69) is 68.8 Å². The van der Waals surface area contributed by atoms with Crippen molar-refractivity contribution in [1.82, 2.24) is 30.1 Å². The Morgan fingerprint density at radius 3 is 1.83 bits per heavy atom. The number of hydrogen-bond acceptors (Lipinski definition) is 12. The smallest absolute Gasteiger partial charge is 0.573 e. The van der Waals surface area contributed by atoms with Gasteiger partial charge in [0.1, 0.15) is 5.69 Å². The van der Waals surface area contributed by atoms with Crippen molar-refractivity contribution >= 4 is 49.0 Å². The Balaban J connectivity index is 0.000000244. The van der Waals surface area contributed by atoms with E-state index in [1.165, 1.54) is 43.6 Å². The molecule has 0 saturated carbocycles. The van der Waals surface area contributed by atoms with Gasteiger partial charge in [0, 0.05) is 23.0 Å². The van der Waals surface area contributed by atoms with Crippen molar-refractivity contribution in [1.29, 1.82) is 0 Å². The first-order chi connectivity index (χ1) is 31.7. The largest absolute Gasteiger partial charge is 2.00 e. The molecular weight excluding hydrogens is 959 g/mol. The predicted octanol–water partition coefficient (Wildman–Crippen LogP) is 11.1. The van der Waals surface area contributed by atoms with Crippen molar-refractivity contribution in [3.8, 4) is 55.9 Å². The molecule has 336 valence electrons. The van der Waals surface area contributed by atoms with Crippen LogP contribution < -0.4 is 5.10 Å². The van der Waals surface area contributed by atoms with Crippen molar-refractivity contribution in [3.05, 3.63) is 156 Å². The van der Waals surface area contributed by atoms with Crippen molar-refractivity contribution in [3.63, 3.8) is 0 Å². The molecule has 0 spiro atoms. The number of aryl methyl sites for hydroxylation is 1. The Hall–Kier alpha value is -7.23. The molecule has 0 atom stereocenters. The molecule has 7 aromatic rings. The molecule has 0 bridgehead atoms. The number of thiophene rings is 1. The van der Waals surface area contributed by atoms with Crippen molar-refractivity contribution in [2.75, 3.05) is 0 Å². The van der Waals surface area contributed by atoms with E-state index < -0.39 is 11.9 Å². The summed E-state index contributed by atoms with van der Waals surface area (Å²) >= 11 is 1.63. The monoisotopic (exact) mass is 998 g/mol. The Morgan fingerprint density at radius 1 is 0.682 bits per heavy atom. The number of hydrogen-bond donors (Lipinski definition) is 0. The van der Waals surface area contributed by atoms with Gasteiger partial charge in [-0.25, -0.2) is 4.98 Å². The minimum Gasteiger partial charge on any atom is -0.573 e. The van der Waals surface area contributed by atoms with E-state index in [1.54, 1.807) is 90.5 Å². The second-order valence-electron chi connectivity index (χ2n) is 13.8. The number of pyridine rings is 4. The van der Waals surface area contributed by atoms with Gasteiger partial charge >= 0.3 is 25.7 Å². The summed E-state index contributed by atoms with van der Waals surface area (Å²) in [5, 5.41) is 9.14. The second-order valence-corrected chi connectivity index (χ2v) is 14.7. The average molecular weight is 998 g/mol. The molecule has 0 N–H and O–H groups in total. The van der Waals surface area contributed by atoms with E-state index in [-0.39, 0.29) is 25.2 Å². The fraction of sp³-hybridized carbons (Fsp3) is 0.143. The molecule has 6 aromatic heterocycles. The molecule has 0 saturated heterocycles. The molecule has 0 unspecified atom stereocenters. The predicted molar refractivity (Wildman–Crippen MR) is 240 cm³/mol. The fourth-order valence-corrected chi connectivity index (χ4v) is 7.26. The molecule has 7 rings (SSSR count). The fourth-order valence-electron chi connectivity index (χ4n) is 6.31. The molecule has 0 fully saturated rings. The number of benzene rings is 1. The van der Waals surface area contributed by atoms with Gasteiger partial charge < -0.3 is 24.4 Å². The molecule has 6 heterocycles. The molecule has 0 radical (unpaired) electrons. The molecule has 0 aliphatic heterocycles. The van der Waals surface area contributed by atoms with E-state index in [9.17, 15) is 27.6 Å². The van der Waals surface area contributed by atoms with Gasteiger partial charge in [-0.2, -0.15) is 13.2 Å². The van der Waals surface area contributed by atoms with E-state index in [1.807, 2.05) is 24.3 Å². The topological polar surface area (TPSA) is 157 Å². The number of carbonyl (C=O) groups is 3. The van der Waals surface area contributed by atoms with Crippen LogP contribution in [0.25, 0.3) is 74.1 Å². The quantitative estimate of drug-likeness (QED) is 0.0189. The summed E-state index contributed by atoms with van der Waals surface area (Å²) in [7, 11) is 0. The van der Waals surface area contributed by atoms with Crippen LogP contribution in [0.15, 0.2) is 121 Å². The first-order valence-electron chi connectivity index (χ1n) is 20.0. The van der Waals surface area contributed by atoms with Gasteiger partial charge in [-0.15, -0.1) is 47.2 Å². The number of ether oxygens (including phenoxy) is 3. The first kappa shape index (κ1) is 49.8. The summed E-state index contributed by atoms with van der Waals surface area (Å²) in [6.45, 7) is 3.15. The minimum absolute atomic E-state index is 0. The van der Waals surface area contributed by atoms with Gasteiger partial charge in [-0.05, 0) is 125 Å². The SMILES string of the molecule is CCCCCCc1ccsc1-c1cc(-c2[c-]cccc2)nc(-c2cc(C(F)(F)F)n[n-]2)c1.O=CO/C=C/c1ccnc(-c2cc(/C=C/OC=O)cc(-c3cc(/C=C/OC=O)ccn3)n2)c1.[Ru+2]. The van der Waals surface area contributed by atoms with Crippen LogP contribution in [0.2, 0.25) is 0 Å². The summed E-state index contributed by atoms with van der Waals surface area (Å²) in [4.78, 5) is 50.3. The van der Waals surface area contributed by atoms with Gasteiger partial charge in [0.2, 0.25) is 0 Å². The van der Waals surface area contributed by atoms with E-state index in [0.29, 0.717) is 59.1 Å². The summed E-state index contributed by atoms with van der Waals surface area (Å²) in [5.41, 5.74) is 7.41. The van der Waals surface area contributed by atoms with Crippen LogP contribution in [0.3, 0.4) is 0 Å². The van der Waals surface area contributed by atoms with E-state index >= 15 is 0 Å². The van der Waals surface area contributed by atoms with Crippen LogP contribution in [0, 0.1) is 6.07 Å². The third-order valence-electron chi connectivity index (χ3n) is 9.34. The van der Waals surface area contributed by atoms with Crippen LogP contribution in [-0.4, -0.2) is 44.5 Å². The van der Waals surface area contributed by atoms with Crippen molar-refractivity contribution < 1.29 is 61.2 Å². The Morgan fingerprint density at radius 2 is 1.27 bits per heavy atom. The van der Waals surface area contributed by atoms with E-state index in [4.69, 9.17) is 0 Å². The Bertz CT molecular complexity index is 2690. The summed E-state index contributed by atoms with van der Waals surface area (Å²) in [6.07, 6.45) is 12.9. The number of alkyl halides is 3. The molecule has 0 aliphatic rings. The van der Waals surface area contributed by atoms with Crippen LogP contribution in [-0.2, 0) is 60.7 Å². The van der Waals surface area contributed by atoms with Crippen LogP contribution in [0.1, 0.15) is 60.6 Å². The molecule has 12 nitrogen and oxygen atoms in total. The number of rotatable bonds is 19. The maximum atomic E-state index is 13.1. The number of unbranched alkanes of at least 4 members (excludes halogenated alkanes) is 3. The molecule has 1 aromatic carbocycles. The molecule has 0 amide bonds. The standard InChI is InChI=1S/C25H22F3N3S.C24H17N3O6.Ru/c1-2-3-4-6-11-18-12-13-32-24(18)19-14-20(17-9-7-5-8-10-17)29-21(15-19)22-16-23(31-30-22)25(26,27)28;28-15-31-8-3-18-1-6-25-21(11-18)23-13-20(5-10-33-17-30)14-24(27-23)22-12-19(2-7-26-22)4-9-32-16-29;/h5,7-9,12-16H,2-4,6,11H2,1H3;1-17H;/q-2;;+2/b;8-3+,9-4+,10-5+;. The number of carbonyl (C=O) groups excluding carboxylic acids is 3. The third-order valence-corrected chi connectivity index (χ3v) is 10.3. The zero-order chi connectivity index (χ0) is 45.9. The number of halogens is 3. The van der Waals surface area contributed by atoms with Crippen molar-refractivity contribution in [2.45, 2.75) is 45.2 Å². The molecule has 17 heteroatoms. The second kappa shape index (κ2) is 25.3. The van der Waals surface area contributed by atoms with Crippen LogP contribution in [0.5, 0.6) is 0 Å². The number of nitrogens with zero attached hydrogens (tertiary/aromatic N) is 6. The van der Waals surface area contributed by atoms with Crippen molar-refractivity contribution in [2.24, 2.45) is 0 Å². The Kier molecular flexibility index (Phi) is 19.1. The summed E-state index contributed by atoms with van der Waals surface area (Å²) < 4.78 is 53.0. The maximum absolute atomic E-state index is 13.1. The maximum Gasteiger partial charge on any atom is 2.00 e. The number of aromatic nitrogens is 6. The van der Waals surface area contributed by atoms with Gasteiger partial charge in [-0.1, -0.05) is 37.9 Å². The molecule has 0 aliphatic carbocycles. The molecular formula is C49H39F3N6O6RuS. The average Bonchev–Trinajstić information content (AvgIpc) is 4.03. The van der Waals surface area contributed by atoms with Gasteiger partial charge in [0.05, 0.1) is 41.6 Å². The third kappa shape index (κ3) is 14.4. The normalized spacial score (nSPS) is 11.2. The summed E-state index contributed by atoms with van der Waals surface area (Å²) in [6, 6.07) is 28.0. The van der Waals surface area contributed by atoms with Gasteiger partial charge in [-0.3, -0.25) is 29.3 Å². The zero-order valence-corrected chi connectivity index (χ0v) is 37.6. The summed E-state index contributed by atoms with van der Waals surface area (Å²) in [5.74, 6) is 0. The first-order valence-corrected chi connectivity index (χ1v) is 20.9. The zero-order valence-electron chi connectivity index (χ0n) is 35.1. The van der Waals surface area contributed by atoms with Gasteiger partial charge in [0.15, 0.2) is 0 Å². The Labute approximate surface area is 395 Å². The van der Waals surface area contributed by atoms with Crippen LogP contribution >= 0.6 is 11.3 Å². The molecule has 66 heavy (non-hydrogen) atoms.